The third-order valence-corrected chi connectivity index (χ3v) is 3.52. The zero-order chi connectivity index (χ0) is 16.5. The lowest BCUT2D eigenvalue weighted by atomic mass is 10.0. The van der Waals surface area contributed by atoms with Crippen LogP contribution >= 0.6 is 0 Å². The zero-order valence-corrected chi connectivity index (χ0v) is 14.2. The standard InChI is InChI=1S/C20H27NO/c1-6-9-11-15(4)19(10-7-2)21-17-12-13-18(16(5)14-17)20(22)8-3/h6,9-10,12-14,21H,4,7-8,11H2,1-3,5H3/b9-6-,19-10-. The molecule has 118 valence electrons. The van der Waals surface area contributed by atoms with Gasteiger partial charge in [0.25, 0.3) is 0 Å². The van der Waals surface area contributed by atoms with Crippen molar-refractivity contribution in [2.45, 2.75) is 47.0 Å². The molecule has 0 amide bonds. The number of allylic oxidation sites excluding steroid dienone is 4. The first kappa shape index (κ1) is 18.0. The average Bonchev–Trinajstić information content (AvgIpc) is 2.51. The van der Waals surface area contributed by atoms with Crippen LogP contribution in [0.5, 0.6) is 0 Å². The van der Waals surface area contributed by atoms with Gasteiger partial charge in [0.2, 0.25) is 0 Å². The number of nitrogens with one attached hydrogen (secondary N) is 1. The summed E-state index contributed by atoms with van der Waals surface area (Å²) >= 11 is 0. The van der Waals surface area contributed by atoms with Gasteiger partial charge in [0, 0.05) is 23.4 Å². The first-order valence-corrected chi connectivity index (χ1v) is 7.93. The van der Waals surface area contributed by atoms with Gasteiger partial charge in [0.1, 0.15) is 0 Å². The molecule has 0 spiro atoms. The fourth-order valence-corrected chi connectivity index (χ4v) is 2.26. The Labute approximate surface area is 134 Å². The topological polar surface area (TPSA) is 29.1 Å². The molecule has 1 aromatic rings. The van der Waals surface area contributed by atoms with E-state index in [4.69, 9.17) is 0 Å². The molecule has 0 aromatic heterocycles. The van der Waals surface area contributed by atoms with Crippen LogP contribution in [0.3, 0.4) is 0 Å². The fraction of sp³-hybridized carbons (Fsp3) is 0.350. The summed E-state index contributed by atoms with van der Waals surface area (Å²) < 4.78 is 0. The molecule has 0 aliphatic rings. The molecule has 0 radical (unpaired) electrons. The molecule has 0 aliphatic carbocycles. The van der Waals surface area contributed by atoms with Crippen molar-refractivity contribution in [3.63, 3.8) is 0 Å². The summed E-state index contributed by atoms with van der Waals surface area (Å²) in [6.45, 7) is 12.1. The Morgan fingerprint density at radius 3 is 2.59 bits per heavy atom. The normalized spacial score (nSPS) is 11.7. The zero-order valence-electron chi connectivity index (χ0n) is 14.2. The van der Waals surface area contributed by atoms with Gasteiger partial charge >= 0.3 is 0 Å². The predicted molar refractivity (Wildman–Crippen MR) is 96.4 cm³/mol. The quantitative estimate of drug-likeness (QED) is 0.372. The lowest BCUT2D eigenvalue weighted by Crippen LogP contribution is -2.04. The molecule has 0 fully saturated rings. The first-order chi connectivity index (χ1) is 10.5. The number of hydrogen-bond donors (Lipinski definition) is 1. The number of rotatable bonds is 8. The Morgan fingerprint density at radius 1 is 1.32 bits per heavy atom. The molecule has 0 atom stereocenters. The van der Waals surface area contributed by atoms with Gasteiger partial charge in [-0.15, -0.1) is 0 Å². The third kappa shape index (κ3) is 5.03. The van der Waals surface area contributed by atoms with E-state index in [2.05, 4.69) is 31.0 Å². The molecule has 0 saturated carbocycles. The number of carbonyl (C=O) groups excluding carboxylic acids is 1. The van der Waals surface area contributed by atoms with E-state index in [1.54, 1.807) is 0 Å². The van der Waals surface area contributed by atoms with Crippen LogP contribution in [-0.4, -0.2) is 5.78 Å². The molecular weight excluding hydrogens is 270 g/mol. The monoisotopic (exact) mass is 297 g/mol. The minimum Gasteiger partial charge on any atom is -0.356 e. The minimum absolute atomic E-state index is 0.186. The van der Waals surface area contributed by atoms with E-state index < -0.39 is 0 Å². The van der Waals surface area contributed by atoms with Crippen molar-refractivity contribution in [2.24, 2.45) is 0 Å². The molecule has 1 aromatic carbocycles. The molecule has 2 nitrogen and oxygen atoms in total. The predicted octanol–water partition coefficient (Wildman–Crippen LogP) is 5.82. The van der Waals surface area contributed by atoms with Gasteiger partial charge in [0.15, 0.2) is 5.78 Å². The number of carbonyl (C=O) groups is 1. The summed E-state index contributed by atoms with van der Waals surface area (Å²) in [5.41, 5.74) is 4.92. The molecule has 0 bridgehead atoms. The van der Waals surface area contributed by atoms with Crippen molar-refractivity contribution in [2.75, 3.05) is 5.32 Å². The maximum Gasteiger partial charge on any atom is 0.162 e. The lowest BCUT2D eigenvalue weighted by Gasteiger charge is -2.14. The van der Waals surface area contributed by atoms with E-state index >= 15 is 0 Å². The van der Waals surface area contributed by atoms with Crippen LogP contribution in [0, 0.1) is 6.92 Å². The van der Waals surface area contributed by atoms with Gasteiger partial charge in [-0.1, -0.05) is 38.7 Å². The summed E-state index contributed by atoms with van der Waals surface area (Å²) in [7, 11) is 0. The van der Waals surface area contributed by atoms with Crippen molar-refractivity contribution in [3.05, 3.63) is 65.4 Å². The molecule has 0 unspecified atom stereocenters. The van der Waals surface area contributed by atoms with Crippen molar-refractivity contribution in [1.82, 2.24) is 0 Å². The Bertz CT molecular complexity index is 594. The van der Waals surface area contributed by atoms with Crippen LogP contribution in [0.1, 0.15) is 56.0 Å². The smallest absolute Gasteiger partial charge is 0.162 e. The summed E-state index contributed by atoms with van der Waals surface area (Å²) in [5, 5.41) is 3.43. The van der Waals surface area contributed by atoms with E-state index in [0.717, 1.165) is 40.9 Å². The first-order valence-electron chi connectivity index (χ1n) is 7.93. The Hall–Kier alpha value is -2.09. The highest BCUT2D eigenvalue weighted by Crippen LogP contribution is 2.21. The van der Waals surface area contributed by atoms with E-state index in [9.17, 15) is 4.79 Å². The maximum absolute atomic E-state index is 11.8. The second-order valence-corrected chi connectivity index (χ2v) is 5.33. The molecule has 0 saturated heterocycles. The summed E-state index contributed by atoms with van der Waals surface area (Å²) in [6, 6.07) is 5.89. The van der Waals surface area contributed by atoms with Crippen LogP contribution in [0.15, 0.2) is 54.3 Å². The minimum atomic E-state index is 0.186. The highest BCUT2D eigenvalue weighted by atomic mass is 16.1. The van der Waals surface area contributed by atoms with Crippen LogP contribution in [-0.2, 0) is 0 Å². The Morgan fingerprint density at radius 2 is 2.05 bits per heavy atom. The van der Waals surface area contributed by atoms with Gasteiger partial charge in [-0.05, 0) is 56.0 Å². The molecule has 0 heterocycles. The van der Waals surface area contributed by atoms with E-state index in [1.807, 2.05) is 45.0 Å². The second-order valence-electron chi connectivity index (χ2n) is 5.33. The third-order valence-electron chi connectivity index (χ3n) is 3.52. The van der Waals surface area contributed by atoms with E-state index in [0.29, 0.717) is 6.42 Å². The number of anilines is 1. The van der Waals surface area contributed by atoms with Gasteiger partial charge in [-0.25, -0.2) is 0 Å². The van der Waals surface area contributed by atoms with E-state index in [-0.39, 0.29) is 5.78 Å². The number of aryl methyl sites for hydroxylation is 1. The summed E-state index contributed by atoms with van der Waals surface area (Å²) in [6.07, 6.45) is 8.59. The van der Waals surface area contributed by atoms with Crippen LogP contribution in [0.25, 0.3) is 0 Å². The van der Waals surface area contributed by atoms with Crippen molar-refractivity contribution in [1.29, 1.82) is 0 Å². The SMILES string of the molecule is C=C(C/C=C\C)/C(=C/CC)Nc1ccc(C(=O)CC)c(C)c1. The molecule has 1 N–H and O–H groups in total. The number of benzene rings is 1. The van der Waals surface area contributed by atoms with Crippen molar-refractivity contribution < 1.29 is 4.79 Å². The lowest BCUT2D eigenvalue weighted by molar-refractivity contribution is 0.0987. The summed E-state index contributed by atoms with van der Waals surface area (Å²) in [4.78, 5) is 11.8. The molecule has 2 heteroatoms. The molecular formula is C20H27NO. The van der Waals surface area contributed by atoms with Gasteiger partial charge < -0.3 is 5.32 Å². The van der Waals surface area contributed by atoms with Gasteiger partial charge in [0.05, 0.1) is 0 Å². The molecule has 22 heavy (non-hydrogen) atoms. The van der Waals surface area contributed by atoms with E-state index in [1.165, 1.54) is 0 Å². The fourth-order valence-electron chi connectivity index (χ4n) is 2.26. The average molecular weight is 297 g/mol. The van der Waals surface area contributed by atoms with Gasteiger partial charge in [-0.2, -0.15) is 0 Å². The van der Waals surface area contributed by atoms with Crippen LogP contribution in [0.4, 0.5) is 5.69 Å². The number of Topliss-reactive ketones (excluding diaryl/α,β-unsaturated/α-hetero) is 1. The van der Waals surface area contributed by atoms with Gasteiger partial charge in [-0.3, -0.25) is 4.79 Å². The van der Waals surface area contributed by atoms with Crippen molar-refractivity contribution >= 4 is 11.5 Å². The molecule has 1 rings (SSSR count). The van der Waals surface area contributed by atoms with Crippen LogP contribution < -0.4 is 5.32 Å². The Kier molecular flexibility index (Phi) is 7.38. The second kappa shape index (κ2) is 9.04. The number of hydrogen-bond acceptors (Lipinski definition) is 2. The highest BCUT2D eigenvalue weighted by Gasteiger charge is 2.08. The summed E-state index contributed by atoms with van der Waals surface area (Å²) in [5.74, 6) is 0.186. The van der Waals surface area contributed by atoms with Crippen LogP contribution in [0.2, 0.25) is 0 Å². The maximum atomic E-state index is 11.8. The highest BCUT2D eigenvalue weighted by molar-refractivity contribution is 5.97. The molecule has 0 aliphatic heterocycles. The van der Waals surface area contributed by atoms with Crippen molar-refractivity contribution in [3.8, 4) is 0 Å². The number of ketones is 1. The largest absolute Gasteiger partial charge is 0.356 e. The Balaban J connectivity index is 2.95.